The molecule has 17 nitrogen and oxygen atoms in total. The molecule has 1 unspecified atom stereocenters. The predicted octanol–water partition coefficient (Wildman–Crippen LogP) is -3.24. The lowest BCUT2D eigenvalue weighted by atomic mass is 10.1. The summed E-state index contributed by atoms with van der Waals surface area (Å²) in [5.41, 5.74) is 10.3. The van der Waals surface area contributed by atoms with Crippen molar-refractivity contribution in [2.45, 2.75) is 44.6 Å². The highest BCUT2D eigenvalue weighted by molar-refractivity contribution is 5.85. The lowest BCUT2D eigenvalue weighted by molar-refractivity contribution is -0.143. The van der Waals surface area contributed by atoms with Crippen molar-refractivity contribution in [2.75, 3.05) is 79.0 Å². The van der Waals surface area contributed by atoms with Crippen LogP contribution in [0.5, 0.6) is 0 Å². The van der Waals surface area contributed by atoms with Crippen molar-refractivity contribution in [3.63, 3.8) is 0 Å². The first-order valence-corrected chi connectivity index (χ1v) is 13.8. The zero-order valence-electron chi connectivity index (χ0n) is 24.0. The van der Waals surface area contributed by atoms with Crippen molar-refractivity contribution in [3.05, 3.63) is 0 Å². The van der Waals surface area contributed by atoms with Gasteiger partial charge in [0.15, 0.2) is 0 Å². The summed E-state index contributed by atoms with van der Waals surface area (Å²) in [7, 11) is 0. The summed E-state index contributed by atoms with van der Waals surface area (Å²) in [4.78, 5) is 68.8. The van der Waals surface area contributed by atoms with E-state index in [1.807, 2.05) is 0 Å². The molecule has 0 saturated carbocycles. The summed E-state index contributed by atoms with van der Waals surface area (Å²) >= 11 is 0. The lowest BCUT2D eigenvalue weighted by Crippen LogP contribution is -2.43. The number of nitrogens with one attached hydrogen (secondary N) is 4. The third kappa shape index (κ3) is 25.6. The van der Waals surface area contributed by atoms with Crippen molar-refractivity contribution in [1.82, 2.24) is 21.3 Å². The average molecular weight is 607 g/mol. The molecule has 0 aromatic carbocycles. The van der Waals surface area contributed by atoms with Gasteiger partial charge >= 0.3 is 5.97 Å². The summed E-state index contributed by atoms with van der Waals surface area (Å²) in [6, 6.07) is -1.26. The molecule has 1 atom stereocenters. The molecule has 0 radical (unpaired) electrons. The molecule has 0 aliphatic rings. The van der Waals surface area contributed by atoms with Crippen LogP contribution in [-0.2, 0) is 47.7 Å². The van der Waals surface area contributed by atoms with Gasteiger partial charge in [-0.15, -0.1) is 0 Å². The monoisotopic (exact) mass is 606 g/mol. The van der Waals surface area contributed by atoms with Crippen molar-refractivity contribution in [3.8, 4) is 0 Å². The Morgan fingerprint density at radius 2 is 1.14 bits per heavy atom. The molecular weight excluding hydrogens is 560 g/mol. The lowest BCUT2D eigenvalue weighted by Gasteiger charge is -2.14. The molecule has 0 aromatic heterocycles. The van der Waals surface area contributed by atoms with Crippen molar-refractivity contribution in [1.29, 1.82) is 0 Å². The highest BCUT2D eigenvalue weighted by Gasteiger charge is 2.21. The van der Waals surface area contributed by atoms with Crippen LogP contribution in [0.4, 0.5) is 0 Å². The molecule has 0 saturated heterocycles. The van der Waals surface area contributed by atoms with E-state index in [1.165, 1.54) is 0 Å². The number of hydrogen-bond acceptors (Lipinski definition) is 11. The number of hydrogen-bond donors (Lipinski definition) is 7. The minimum Gasteiger partial charge on any atom is -0.480 e. The maximum Gasteiger partial charge on any atom is 0.326 e. The second-order valence-corrected chi connectivity index (χ2v) is 8.84. The molecule has 0 rings (SSSR count). The second-order valence-electron chi connectivity index (χ2n) is 8.84. The van der Waals surface area contributed by atoms with Crippen molar-refractivity contribution in [2.24, 2.45) is 11.5 Å². The maximum atomic E-state index is 11.9. The van der Waals surface area contributed by atoms with E-state index in [1.54, 1.807) is 0 Å². The average Bonchev–Trinajstić information content (AvgIpc) is 2.94. The van der Waals surface area contributed by atoms with E-state index >= 15 is 0 Å². The summed E-state index contributed by atoms with van der Waals surface area (Å²) in [6.07, 6.45) is 1.29. The highest BCUT2D eigenvalue weighted by atomic mass is 16.5. The minimum atomic E-state index is -1.29. The molecule has 0 aromatic rings. The van der Waals surface area contributed by atoms with E-state index in [0.29, 0.717) is 39.0 Å². The Morgan fingerprint density at radius 1 is 0.619 bits per heavy atom. The predicted molar refractivity (Wildman–Crippen MR) is 148 cm³/mol. The molecule has 242 valence electrons. The number of carboxylic acids is 1. The zero-order chi connectivity index (χ0) is 31.4. The van der Waals surface area contributed by atoms with Crippen molar-refractivity contribution < 1.29 is 52.8 Å². The number of primary amides is 1. The Bertz CT molecular complexity index is 816. The van der Waals surface area contributed by atoms with Gasteiger partial charge in [-0.2, -0.15) is 0 Å². The van der Waals surface area contributed by atoms with Crippen LogP contribution in [0.15, 0.2) is 0 Å². The van der Waals surface area contributed by atoms with Gasteiger partial charge in [0.05, 0.1) is 39.6 Å². The van der Waals surface area contributed by atoms with Crippen LogP contribution in [-0.4, -0.2) is 126 Å². The van der Waals surface area contributed by atoms with E-state index in [-0.39, 0.29) is 83.8 Å². The Balaban J connectivity index is 3.69. The van der Waals surface area contributed by atoms with Gasteiger partial charge in [-0.1, -0.05) is 0 Å². The van der Waals surface area contributed by atoms with Crippen LogP contribution in [0, 0.1) is 0 Å². The van der Waals surface area contributed by atoms with Crippen LogP contribution < -0.4 is 32.7 Å². The van der Waals surface area contributed by atoms with Crippen molar-refractivity contribution >= 4 is 35.5 Å². The molecule has 9 N–H and O–H groups in total. The van der Waals surface area contributed by atoms with E-state index in [0.717, 1.165) is 0 Å². The van der Waals surface area contributed by atoms with Crippen LogP contribution in [0.25, 0.3) is 0 Å². The van der Waals surface area contributed by atoms with Gasteiger partial charge in [0.2, 0.25) is 29.5 Å². The standard InChI is InChI=1S/C25H46N6O11/c26-7-1-4-21(33)29-9-11-39-13-15-41-17-23(35)30-10-12-40-14-16-42-18-24(36)31-19(25(37)38)5-6-22(34)28-8-2-3-20(27)32/h19H,1-18,26H2,(H2,27,32)(H,28,34)(H,29,33)(H,30,35)(H,31,36)(H,37,38). The molecule has 0 fully saturated rings. The highest BCUT2D eigenvalue weighted by Crippen LogP contribution is 1.99. The smallest absolute Gasteiger partial charge is 0.326 e. The topological polar surface area (TPSA) is 260 Å². The molecule has 0 aliphatic heterocycles. The molecule has 0 bridgehead atoms. The molecule has 0 aliphatic carbocycles. The Labute approximate surface area is 245 Å². The first kappa shape index (κ1) is 38.6. The second kappa shape index (κ2) is 26.5. The van der Waals surface area contributed by atoms with Gasteiger partial charge in [0.25, 0.3) is 0 Å². The van der Waals surface area contributed by atoms with Gasteiger partial charge in [-0.05, 0) is 25.8 Å². The quantitative estimate of drug-likeness (QED) is 0.0433. The van der Waals surface area contributed by atoms with Gasteiger partial charge in [-0.25, -0.2) is 4.79 Å². The molecular formula is C25H46N6O11. The van der Waals surface area contributed by atoms with E-state index in [9.17, 15) is 33.9 Å². The number of amides is 5. The zero-order valence-corrected chi connectivity index (χ0v) is 24.0. The fourth-order valence-electron chi connectivity index (χ4n) is 3.04. The summed E-state index contributed by atoms with van der Waals surface area (Å²) in [6.45, 7) is 2.03. The fraction of sp³-hybridized carbons (Fsp3) is 0.760. The third-order valence-electron chi connectivity index (χ3n) is 5.17. The molecule has 5 amide bonds. The number of rotatable bonds is 28. The first-order chi connectivity index (χ1) is 20.1. The van der Waals surface area contributed by atoms with Crippen LogP contribution in [0.1, 0.15) is 38.5 Å². The van der Waals surface area contributed by atoms with Gasteiger partial charge in [-0.3, -0.25) is 24.0 Å². The molecule has 17 heteroatoms. The Morgan fingerprint density at radius 3 is 1.71 bits per heavy atom. The Hall–Kier alpha value is -3.38. The van der Waals surface area contributed by atoms with E-state index in [4.69, 9.17) is 30.4 Å². The number of ether oxygens (including phenoxy) is 4. The SMILES string of the molecule is NCCCC(=O)NCCOCCOCC(=O)NCCOCCOCC(=O)NC(CCC(=O)NCCCC(N)=O)C(=O)O. The minimum absolute atomic E-state index is 0.0628. The molecule has 42 heavy (non-hydrogen) atoms. The van der Waals surface area contributed by atoms with Crippen LogP contribution in [0.2, 0.25) is 0 Å². The third-order valence-corrected chi connectivity index (χ3v) is 5.17. The van der Waals surface area contributed by atoms with Crippen LogP contribution >= 0.6 is 0 Å². The van der Waals surface area contributed by atoms with Gasteiger partial charge in [0.1, 0.15) is 19.3 Å². The van der Waals surface area contributed by atoms with E-state index in [2.05, 4.69) is 21.3 Å². The fourth-order valence-corrected chi connectivity index (χ4v) is 3.04. The summed E-state index contributed by atoms with van der Waals surface area (Å²) < 4.78 is 20.9. The largest absolute Gasteiger partial charge is 0.480 e. The number of carbonyl (C=O) groups is 6. The van der Waals surface area contributed by atoms with Gasteiger partial charge < -0.3 is 56.8 Å². The van der Waals surface area contributed by atoms with Crippen LogP contribution in [0.3, 0.4) is 0 Å². The Kier molecular flexibility index (Phi) is 24.4. The molecule has 0 spiro atoms. The number of nitrogens with two attached hydrogens (primary N) is 2. The number of carbonyl (C=O) groups excluding carboxylic acids is 5. The summed E-state index contributed by atoms with van der Waals surface area (Å²) in [5, 5.41) is 19.4. The number of aliphatic carboxylic acids is 1. The number of carboxylic acid groups (broad SMARTS) is 1. The summed E-state index contributed by atoms with van der Waals surface area (Å²) in [5.74, 6) is -3.23. The molecule has 0 heterocycles. The van der Waals surface area contributed by atoms with E-state index < -0.39 is 36.3 Å². The normalized spacial score (nSPS) is 11.4. The van der Waals surface area contributed by atoms with Gasteiger partial charge in [0, 0.05) is 38.9 Å². The first-order valence-electron chi connectivity index (χ1n) is 13.8. The maximum absolute atomic E-state index is 11.9.